The average Bonchev–Trinajstić information content (AvgIpc) is 1.85. The first-order chi connectivity index (χ1) is 4.95. The van der Waals surface area contributed by atoms with E-state index in [9.17, 15) is 9.90 Å². The largest absolute Gasteiger partial charge is 0.386 e. The molecule has 0 amide bonds. The molecule has 0 bridgehead atoms. The van der Waals surface area contributed by atoms with Gasteiger partial charge < -0.3 is 5.11 Å². The topological polar surface area (TPSA) is 37.3 Å². The molecule has 1 N–H and O–H groups in total. The van der Waals surface area contributed by atoms with Crippen molar-refractivity contribution in [2.24, 2.45) is 0 Å². The Bertz CT molecular complexity index is 182. The average molecular weight is 154 g/mol. The highest BCUT2D eigenvalue weighted by Crippen LogP contribution is 2.02. The van der Waals surface area contributed by atoms with Crippen molar-refractivity contribution in [3.8, 4) is 0 Å². The maximum Gasteiger partial charge on any atom is 0.145 e. The standard InChI is InChI=1S/C9H14O2/c1-8(7-10)5-4-6-9(2,3)11/h4-7,11H,1-3H3/b6-4+,8-5-. The molecule has 0 aliphatic carbocycles. The van der Waals surface area contributed by atoms with E-state index in [0.29, 0.717) is 5.57 Å². The van der Waals surface area contributed by atoms with Crippen molar-refractivity contribution in [2.45, 2.75) is 26.4 Å². The lowest BCUT2D eigenvalue weighted by Gasteiger charge is -2.08. The van der Waals surface area contributed by atoms with Gasteiger partial charge in [0.1, 0.15) is 6.29 Å². The number of hydrogen-bond acceptors (Lipinski definition) is 2. The lowest BCUT2D eigenvalue weighted by atomic mass is 10.1. The SMILES string of the molecule is C/C(C=O)=C/C=C/C(C)(C)O. The molecule has 0 saturated carbocycles. The predicted molar refractivity (Wildman–Crippen MR) is 45.3 cm³/mol. The molecular weight excluding hydrogens is 140 g/mol. The molecule has 0 aromatic heterocycles. The minimum Gasteiger partial charge on any atom is -0.386 e. The Morgan fingerprint density at radius 2 is 2.00 bits per heavy atom. The highest BCUT2D eigenvalue weighted by atomic mass is 16.3. The Hall–Kier alpha value is -0.890. The molecule has 0 aliphatic rings. The van der Waals surface area contributed by atoms with Crippen LogP contribution < -0.4 is 0 Å². The lowest BCUT2D eigenvalue weighted by Crippen LogP contribution is -2.13. The van der Waals surface area contributed by atoms with Gasteiger partial charge in [-0.25, -0.2) is 0 Å². The maximum absolute atomic E-state index is 10.1. The first kappa shape index (κ1) is 10.1. The number of aliphatic hydroxyl groups is 1. The van der Waals surface area contributed by atoms with E-state index in [-0.39, 0.29) is 0 Å². The van der Waals surface area contributed by atoms with Gasteiger partial charge in [-0.05, 0) is 26.3 Å². The third-order valence-electron chi connectivity index (χ3n) is 1.05. The van der Waals surface area contributed by atoms with Crippen LogP contribution in [0.4, 0.5) is 0 Å². The summed E-state index contributed by atoms with van der Waals surface area (Å²) in [6.07, 6.45) is 5.73. The van der Waals surface area contributed by atoms with Gasteiger partial charge in [-0.15, -0.1) is 0 Å². The molecule has 11 heavy (non-hydrogen) atoms. The second kappa shape index (κ2) is 4.09. The maximum atomic E-state index is 10.1. The van der Waals surface area contributed by atoms with E-state index in [1.54, 1.807) is 39.0 Å². The van der Waals surface area contributed by atoms with E-state index in [2.05, 4.69) is 0 Å². The fourth-order valence-electron chi connectivity index (χ4n) is 0.475. The summed E-state index contributed by atoms with van der Waals surface area (Å²) in [5.41, 5.74) is -0.162. The summed E-state index contributed by atoms with van der Waals surface area (Å²) in [5, 5.41) is 9.20. The molecule has 0 atom stereocenters. The monoisotopic (exact) mass is 154 g/mol. The molecule has 0 aliphatic heterocycles. The summed E-state index contributed by atoms with van der Waals surface area (Å²) in [5.74, 6) is 0. The highest BCUT2D eigenvalue weighted by Gasteiger charge is 2.04. The van der Waals surface area contributed by atoms with E-state index >= 15 is 0 Å². The molecule has 0 unspecified atom stereocenters. The van der Waals surface area contributed by atoms with Gasteiger partial charge >= 0.3 is 0 Å². The minimum absolute atomic E-state index is 0.644. The van der Waals surface area contributed by atoms with Crippen molar-refractivity contribution in [3.63, 3.8) is 0 Å². The van der Waals surface area contributed by atoms with Crippen LogP contribution in [0.5, 0.6) is 0 Å². The van der Waals surface area contributed by atoms with Crippen LogP contribution in [0.25, 0.3) is 0 Å². The Morgan fingerprint density at radius 3 is 2.36 bits per heavy atom. The number of hydrogen-bond donors (Lipinski definition) is 1. The summed E-state index contributed by atoms with van der Waals surface area (Å²) in [6.45, 7) is 5.06. The van der Waals surface area contributed by atoms with Gasteiger partial charge in [-0.3, -0.25) is 4.79 Å². The third kappa shape index (κ3) is 7.00. The van der Waals surface area contributed by atoms with E-state index in [1.165, 1.54) is 0 Å². The van der Waals surface area contributed by atoms with Crippen LogP contribution in [-0.4, -0.2) is 17.0 Å². The van der Waals surface area contributed by atoms with Crippen molar-refractivity contribution < 1.29 is 9.90 Å². The van der Waals surface area contributed by atoms with Gasteiger partial charge in [-0.2, -0.15) is 0 Å². The predicted octanol–water partition coefficient (Wildman–Crippen LogP) is 1.46. The van der Waals surface area contributed by atoms with Crippen molar-refractivity contribution in [1.82, 2.24) is 0 Å². The quantitative estimate of drug-likeness (QED) is 0.379. The third-order valence-corrected chi connectivity index (χ3v) is 1.05. The molecule has 0 aromatic rings. The van der Waals surface area contributed by atoms with Crippen molar-refractivity contribution in [3.05, 3.63) is 23.8 Å². The molecule has 0 saturated heterocycles. The van der Waals surface area contributed by atoms with Gasteiger partial charge in [0.15, 0.2) is 0 Å². The van der Waals surface area contributed by atoms with Gasteiger partial charge in [0.05, 0.1) is 5.60 Å². The Balaban J connectivity index is 4.06. The molecule has 0 aromatic carbocycles. The van der Waals surface area contributed by atoms with E-state index < -0.39 is 5.60 Å². The molecule has 0 fully saturated rings. The molecule has 62 valence electrons. The Kier molecular flexibility index (Phi) is 3.76. The molecule has 2 nitrogen and oxygen atoms in total. The molecule has 0 spiro atoms. The fraction of sp³-hybridized carbons (Fsp3) is 0.444. The van der Waals surface area contributed by atoms with Crippen LogP contribution in [0.2, 0.25) is 0 Å². The van der Waals surface area contributed by atoms with Crippen LogP contribution in [0.1, 0.15) is 20.8 Å². The van der Waals surface area contributed by atoms with E-state index in [4.69, 9.17) is 0 Å². The normalized spacial score (nSPS) is 14.0. The zero-order valence-electron chi connectivity index (χ0n) is 7.16. The first-order valence-electron chi connectivity index (χ1n) is 3.49. The van der Waals surface area contributed by atoms with Gasteiger partial charge in [-0.1, -0.05) is 18.2 Å². The number of carbonyl (C=O) groups excluding carboxylic acids is 1. The molecule has 0 rings (SSSR count). The summed E-state index contributed by atoms with van der Waals surface area (Å²) < 4.78 is 0. The van der Waals surface area contributed by atoms with Crippen LogP contribution >= 0.6 is 0 Å². The smallest absolute Gasteiger partial charge is 0.145 e. The highest BCUT2D eigenvalue weighted by molar-refractivity contribution is 5.72. The van der Waals surface area contributed by atoms with Gasteiger partial charge in [0, 0.05) is 0 Å². The van der Waals surface area contributed by atoms with Gasteiger partial charge in [0.25, 0.3) is 0 Å². The zero-order valence-corrected chi connectivity index (χ0v) is 7.16. The van der Waals surface area contributed by atoms with Crippen molar-refractivity contribution in [1.29, 1.82) is 0 Å². The second-order valence-corrected chi connectivity index (χ2v) is 3.04. The number of allylic oxidation sites excluding steroid dienone is 3. The Morgan fingerprint density at radius 1 is 1.45 bits per heavy atom. The van der Waals surface area contributed by atoms with E-state index in [1.807, 2.05) is 0 Å². The van der Waals surface area contributed by atoms with Gasteiger partial charge in [0.2, 0.25) is 0 Å². The summed E-state index contributed by atoms with van der Waals surface area (Å²) in [6, 6.07) is 0. The summed E-state index contributed by atoms with van der Waals surface area (Å²) >= 11 is 0. The van der Waals surface area contributed by atoms with Crippen LogP contribution in [0.15, 0.2) is 23.8 Å². The number of rotatable bonds is 3. The van der Waals surface area contributed by atoms with Crippen LogP contribution in [0.3, 0.4) is 0 Å². The second-order valence-electron chi connectivity index (χ2n) is 3.04. The number of carbonyl (C=O) groups is 1. The lowest BCUT2D eigenvalue weighted by molar-refractivity contribution is -0.104. The molecule has 2 heteroatoms. The van der Waals surface area contributed by atoms with Crippen molar-refractivity contribution in [2.75, 3.05) is 0 Å². The van der Waals surface area contributed by atoms with Crippen molar-refractivity contribution >= 4 is 6.29 Å². The zero-order chi connectivity index (χ0) is 8.91. The van der Waals surface area contributed by atoms with E-state index in [0.717, 1.165) is 6.29 Å². The molecule has 0 radical (unpaired) electrons. The number of aldehydes is 1. The molecule has 0 heterocycles. The fourth-order valence-corrected chi connectivity index (χ4v) is 0.475. The molecular formula is C9H14O2. The Labute approximate surface area is 67.2 Å². The van der Waals surface area contributed by atoms with Crippen LogP contribution in [0, 0.1) is 0 Å². The van der Waals surface area contributed by atoms with Crippen LogP contribution in [-0.2, 0) is 4.79 Å². The summed E-state index contributed by atoms with van der Waals surface area (Å²) in [7, 11) is 0. The minimum atomic E-state index is -0.806. The summed E-state index contributed by atoms with van der Waals surface area (Å²) in [4.78, 5) is 10.1. The first-order valence-corrected chi connectivity index (χ1v) is 3.49.